The highest BCUT2D eigenvalue weighted by atomic mass is 16.2. The molecule has 1 aliphatic heterocycles. The molecule has 5 nitrogen and oxygen atoms in total. The van der Waals surface area contributed by atoms with Gasteiger partial charge in [0.15, 0.2) is 0 Å². The summed E-state index contributed by atoms with van der Waals surface area (Å²) in [5, 5.41) is 0. The quantitative estimate of drug-likeness (QED) is 0.814. The molecular weight excluding hydrogens is 350 g/mol. The average molecular weight is 375 g/mol. The van der Waals surface area contributed by atoms with E-state index < -0.39 is 0 Å². The molecule has 0 radical (unpaired) electrons. The topological polar surface area (TPSA) is 54.7 Å². The molecule has 1 amide bonds. The van der Waals surface area contributed by atoms with Crippen molar-refractivity contribution in [3.8, 4) is 0 Å². The molecule has 0 spiro atoms. The van der Waals surface area contributed by atoms with E-state index in [0.717, 1.165) is 18.4 Å². The molecule has 0 unspecified atom stereocenters. The van der Waals surface area contributed by atoms with Gasteiger partial charge in [0.2, 0.25) is 5.91 Å². The number of carbonyl (C=O) groups excluding carboxylic acids is 2. The highest BCUT2D eigenvalue weighted by molar-refractivity contribution is 6.08. The Hall–Kier alpha value is -2.95. The predicted octanol–water partition coefficient (Wildman–Crippen LogP) is 3.88. The Morgan fingerprint density at radius 1 is 1.04 bits per heavy atom. The molecule has 1 fully saturated rings. The largest absolute Gasteiger partial charge is 0.308 e. The standard InChI is InChI=1S/C23H25N3O2/c1-17-19-11-5-6-12-20(19)23(28)25(17)16-14-22(27)26-15-8-7-13-21(26)24-18-9-3-2-4-10-18/h5-8,11-13,15,18H,1-4,9-10,14,16H2. The van der Waals surface area contributed by atoms with Gasteiger partial charge >= 0.3 is 0 Å². The van der Waals surface area contributed by atoms with Gasteiger partial charge in [-0.3, -0.25) is 19.1 Å². The fourth-order valence-electron chi connectivity index (χ4n) is 4.05. The normalized spacial score (nSPS) is 17.9. The van der Waals surface area contributed by atoms with Crippen LogP contribution in [0.25, 0.3) is 5.70 Å². The molecule has 5 heteroatoms. The Balaban J connectivity index is 1.49. The Labute approximate surface area is 165 Å². The first-order valence-electron chi connectivity index (χ1n) is 10.00. The Bertz CT molecular complexity index is 948. The lowest BCUT2D eigenvalue weighted by Crippen LogP contribution is -2.32. The lowest BCUT2D eigenvalue weighted by Gasteiger charge is -2.19. The summed E-state index contributed by atoms with van der Waals surface area (Å²) in [6.45, 7) is 4.36. The van der Waals surface area contributed by atoms with Gasteiger partial charge in [-0.05, 0) is 31.0 Å². The van der Waals surface area contributed by atoms with Crippen LogP contribution in [0.1, 0.15) is 59.2 Å². The third kappa shape index (κ3) is 3.57. The molecule has 2 heterocycles. The maximum Gasteiger partial charge on any atom is 0.258 e. The van der Waals surface area contributed by atoms with E-state index in [2.05, 4.69) is 6.58 Å². The van der Waals surface area contributed by atoms with Crippen molar-refractivity contribution in [2.75, 3.05) is 6.54 Å². The molecule has 144 valence electrons. The van der Waals surface area contributed by atoms with Crippen molar-refractivity contribution in [2.45, 2.75) is 44.6 Å². The molecule has 0 N–H and O–H groups in total. The fourth-order valence-corrected chi connectivity index (χ4v) is 4.05. The van der Waals surface area contributed by atoms with E-state index in [9.17, 15) is 9.59 Å². The average Bonchev–Trinajstić information content (AvgIpc) is 2.98. The van der Waals surface area contributed by atoms with E-state index in [1.807, 2.05) is 36.4 Å². The van der Waals surface area contributed by atoms with Crippen molar-refractivity contribution >= 4 is 17.5 Å². The highest BCUT2D eigenvalue weighted by Gasteiger charge is 2.30. The molecule has 0 atom stereocenters. The van der Waals surface area contributed by atoms with Gasteiger partial charge < -0.3 is 4.90 Å². The number of pyridine rings is 1. The number of carbonyl (C=O) groups is 2. The maximum absolute atomic E-state index is 12.9. The highest BCUT2D eigenvalue weighted by Crippen LogP contribution is 2.31. The van der Waals surface area contributed by atoms with Crippen LogP contribution in [0.2, 0.25) is 0 Å². The van der Waals surface area contributed by atoms with E-state index in [0.29, 0.717) is 29.3 Å². The molecule has 0 saturated heterocycles. The first-order valence-corrected chi connectivity index (χ1v) is 10.00. The molecule has 2 aromatic rings. The second-order valence-corrected chi connectivity index (χ2v) is 7.44. The number of hydrogen-bond acceptors (Lipinski definition) is 3. The minimum atomic E-state index is -0.0846. The predicted molar refractivity (Wildman–Crippen MR) is 109 cm³/mol. The van der Waals surface area contributed by atoms with E-state index in [1.54, 1.807) is 21.7 Å². The lowest BCUT2D eigenvalue weighted by molar-refractivity contribution is 0.0821. The molecule has 1 saturated carbocycles. The zero-order valence-electron chi connectivity index (χ0n) is 16.0. The first kappa shape index (κ1) is 18.4. The van der Waals surface area contributed by atoms with Crippen molar-refractivity contribution in [1.82, 2.24) is 9.47 Å². The molecule has 2 aliphatic rings. The van der Waals surface area contributed by atoms with Crippen molar-refractivity contribution in [1.29, 1.82) is 0 Å². The number of nitrogens with zero attached hydrogens (tertiary/aromatic N) is 3. The van der Waals surface area contributed by atoms with E-state index in [1.165, 1.54) is 19.3 Å². The third-order valence-electron chi connectivity index (χ3n) is 5.59. The smallest absolute Gasteiger partial charge is 0.258 e. The van der Waals surface area contributed by atoms with Crippen LogP contribution in [0.5, 0.6) is 0 Å². The van der Waals surface area contributed by atoms with Crippen LogP contribution in [0.4, 0.5) is 0 Å². The summed E-state index contributed by atoms with van der Waals surface area (Å²) in [7, 11) is 0. The van der Waals surface area contributed by atoms with Crippen molar-refractivity contribution in [2.24, 2.45) is 4.99 Å². The van der Waals surface area contributed by atoms with Crippen LogP contribution < -0.4 is 5.49 Å². The van der Waals surface area contributed by atoms with Crippen LogP contribution in [-0.2, 0) is 0 Å². The fraction of sp³-hybridized carbons (Fsp3) is 0.348. The number of aromatic nitrogens is 1. The summed E-state index contributed by atoms with van der Waals surface area (Å²) in [5.74, 6) is -0.148. The number of amides is 1. The summed E-state index contributed by atoms with van der Waals surface area (Å²) in [6.07, 6.45) is 7.84. The number of benzene rings is 1. The van der Waals surface area contributed by atoms with Crippen molar-refractivity contribution in [3.05, 3.63) is 71.9 Å². The van der Waals surface area contributed by atoms with Crippen LogP contribution in [0.15, 0.2) is 60.2 Å². The van der Waals surface area contributed by atoms with Gasteiger partial charge in [-0.2, -0.15) is 0 Å². The van der Waals surface area contributed by atoms with Crippen molar-refractivity contribution in [3.63, 3.8) is 0 Å². The lowest BCUT2D eigenvalue weighted by atomic mass is 9.96. The molecule has 28 heavy (non-hydrogen) atoms. The van der Waals surface area contributed by atoms with Gasteiger partial charge in [-0.25, -0.2) is 0 Å². The van der Waals surface area contributed by atoms with Gasteiger partial charge in [0.25, 0.3) is 5.91 Å². The van der Waals surface area contributed by atoms with Gasteiger partial charge in [0, 0.05) is 36.0 Å². The van der Waals surface area contributed by atoms with Crippen LogP contribution >= 0.6 is 0 Å². The summed E-state index contributed by atoms with van der Waals surface area (Å²) in [6, 6.07) is 13.4. The van der Waals surface area contributed by atoms with Crippen LogP contribution in [0.3, 0.4) is 0 Å². The Morgan fingerprint density at radius 3 is 2.50 bits per heavy atom. The third-order valence-corrected chi connectivity index (χ3v) is 5.59. The second kappa shape index (κ2) is 7.97. The van der Waals surface area contributed by atoms with E-state index in [4.69, 9.17) is 4.99 Å². The Morgan fingerprint density at radius 2 is 1.75 bits per heavy atom. The van der Waals surface area contributed by atoms with Gasteiger partial charge in [-0.15, -0.1) is 0 Å². The monoisotopic (exact) mass is 375 g/mol. The zero-order valence-corrected chi connectivity index (χ0v) is 16.0. The number of rotatable bonds is 4. The molecule has 4 rings (SSSR count). The van der Waals surface area contributed by atoms with Crippen molar-refractivity contribution < 1.29 is 9.59 Å². The van der Waals surface area contributed by atoms with Crippen LogP contribution in [-0.4, -0.2) is 33.9 Å². The molecule has 1 aromatic heterocycles. The minimum Gasteiger partial charge on any atom is -0.308 e. The number of hydrogen-bond donors (Lipinski definition) is 0. The molecule has 0 bridgehead atoms. The van der Waals surface area contributed by atoms with Gasteiger partial charge in [-0.1, -0.05) is 50.1 Å². The summed E-state index contributed by atoms with van der Waals surface area (Å²) in [4.78, 5) is 31.9. The maximum atomic E-state index is 12.9. The molecule has 1 aromatic carbocycles. The summed E-state index contributed by atoms with van der Waals surface area (Å²) < 4.78 is 1.62. The molecule has 1 aliphatic carbocycles. The van der Waals surface area contributed by atoms with Crippen LogP contribution in [0, 0.1) is 0 Å². The SMILES string of the molecule is C=C1c2ccccc2C(=O)N1CCC(=O)n1ccccc1=NC1CCCCC1. The van der Waals surface area contributed by atoms with Gasteiger partial charge in [0.1, 0.15) is 5.49 Å². The zero-order chi connectivity index (χ0) is 19.5. The Kier molecular flexibility index (Phi) is 5.24. The van der Waals surface area contributed by atoms with E-state index in [-0.39, 0.29) is 18.2 Å². The minimum absolute atomic E-state index is 0.0632. The first-order chi connectivity index (χ1) is 13.6. The number of fused-ring (bicyclic) bond motifs is 1. The summed E-state index contributed by atoms with van der Waals surface area (Å²) >= 11 is 0. The van der Waals surface area contributed by atoms with E-state index >= 15 is 0 Å². The molecular formula is C23H25N3O2. The summed E-state index contributed by atoms with van der Waals surface area (Å²) in [5.41, 5.74) is 2.87. The second-order valence-electron chi connectivity index (χ2n) is 7.44. The van der Waals surface area contributed by atoms with Gasteiger partial charge in [0.05, 0.1) is 6.04 Å².